The van der Waals surface area contributed by atoms with Crippen molar-refractivity contribution < 1.29 is 4.74 Å². The van der Waals surface area contributed by atoms with Gasteiger partial charge in [0, 0.05) is 25.0 Å². The van der Waals surface area contributed by atoms with Crippen LogP contribution in [0.1, 0.15) is 12.6 Å². The van der Waals surface area contributed by atoms with Crippen LogP contribution in [0.3, 0.4) is 0 Å². The van der Waals surface area contributed by atoms with Crippen LogP contribution in [-0.4, -0.2) is 21.5 Å². The Morgan fingerprint density at radius 2 is 2.06 bits per heavy atom. The SMILES string of the molecule is CCNCc1cncc(Oc2cncc(Cl)c2)n1. The molecular formula is C12H13ClN4O. The van der Waals surface area contributed by atoms with E-state index in [2.05, 4.69) is 20.3 Å². The van der Waals surface area contributed by atoms with Gasteiger partial charge in [-0.15, -0.1) is 0 Å². The van der Waals surface area contributed by atoms with Crippen molar-refractivity contribution in [1.29, 1.82) is 0 Å². The van der Waals surface area contributed by atoms with E-state index < -0.39 is 0 Å². The largest absolute Gasteiger partial charge is 0.436 e. The van der Waals surface area contributed by atoms with Gasteiger partial charge in [0.05, 0.1) is 23.1 Å². The molecule has 2 rings (SSSR count). The summed E-state index contributed by atoms with van der Waals surface area (Å²) in [7, 11) is 0. The van der Waals surface area contributed by atoms with Gasteiger partial charge >= 0.3 is 0 Å². The Labute approximate surface area is 110 Å². The smallest absolute Gasteiger partial charge is 0.238 e. The van der Waals surface area contributed by atoms with Crippen LogP contribution in [0.5, 0.6) is 11.6 Å². The predicted octanol–water partition coefficient (Wildman–Crippen LogP) is 2.43. The van der Waals surface area contributed by atoms with Crippen LogP contribution in [0.2, 0.25) is 5.02 Å². The van der Waals surface area contributed by atoms with E-state index in [0.29, 0.717) is 23.2 Å². The summed E-state index contributed by atoms with van der Waals surface area (Å²) >= 11 is 5.82. The molecule has 0 spiro atoms. The molecule has 0 atom stereocenters. The fourth-order valence-corrected chi connectivity index (χ4v) is 1.51. The monoisotopic (exact) mass is 264 g/mol. The summed E-state index contributed by atoms with van der Waals surface area (Å²) in [6.45, 7) is 3.57. The third kappa shape index (κ3) is 3.65. The molecular weight excluding hydrogens is 252 g/mol. The summed E-state index contributed by atoms with van der Waals surface area (Å²) in [5, 5.41) is 3.69. The molecule has 1 N–H and O–H groups in total. The van der Waals surface area contributed by atoms with Crippen LogP contribution in [-0.2, 0) is 6.54 Å². The lowest BCUT2D eigenvalue weighted by atomic mass is 10.4. The predicted molar refractivity (Wildman–Crippen MR) is 68.7 cm³/mol. The maximum Gasteiger partial charge on any atom is 0.238 e. The lowest BCUT2D eigenvalue weighted by molar-refractivity contribution is 0.454. The van der Waals surface area contributed by atoms with Crippen molar-refractivity contribution >= 4 is 11.6 Å². The van der Waals surface area contributed by atoms with Crippen molar-refractivity contribution in [3.63, 3.8) is 0 Å². The normalized spacial score (nSPS) is 10.3. The first-order valence-electron chi connectivity index (χ1n) is 5.58. The number of hydrogen-bond acceptors (Lipinski definition) is 5. The van der Waals surface area contributed by atoms with E-state index in [1.807, 2.05) is 6.92 Å². The van der Waals surface area contributed by atoms with Gasteiger partial charge in [-0.2, -0.15) is 0 Å². The van der Waals surface area contributed by atoms with E-state index in [0.717, 1.165) is 12.2 Å². The number of nitrogens with zero attached hydrogens (tertiary/aromatic N) is 3. The molecule has 0 aromatic carbocycles. The van der Waals surface area contributed by atoms with Gasteiger partial charge in [0.1, 0.15) is 5.75 Å². The number of aromatic nitrogens is 3. The molecule has 6 heteroatoms. The molecule has 0 aliphatic heterocycles. The minimum atomic E-state index is 0.425. The number of nitrogens with one attached hydrogen (secondary N) is 1. The first kappa shape index (κ1) is 12.7. The van der Waals surface area contributed by atoms with Crippen molar-refractivity contribution in [2.75, 3.05) is 6.54 Å². The third-order valence-corrected chi connectivity index (χ3v) is 2.33. The molecule has 0 unspecified atom stereocenters. The highest BCUT2D eigenvalue weighted by atomic mass is 35.5. The maximum absolute atomic E-state index is 5.82. The van der Waals surface area contributed by atoms with Gasteiger partial charge in [-0.1, -0.05) is 18.5 Å². The highest BCUT2D eigenvalue weighted by Crippen LogP contribution is 2.20. The summed E-state index contributed by atoms with van der Waals surface area (Å²) in [5.41, 5.74) is 0.823. The molecule has 0 bridgehead atoms. The van der Waals surface area contributed by atoms with E-state index >= 15 is 0 Å². The molecule has 2 heterocycles. The third-order valence-electron chi connectivity index (χ3n) is 2.12. The van der Waals surface area contributed by atoms with Crippen molar-refractivity contribution in [2.45, 2.75) is 13.5 Å². The van der Waals surface area contributed by atoms with E-state index in [9.17, 15) is 0 Å². The first-order chi connectivity index (χ1) is 8.78. The standard InChI is InChI=1S/C12H13ClN4O/c1-2-14-5-10-6-16-8-12(17-10)18-11-3-9(13)4-15-7-11/h3-4,6-8,14H,2,5H2,1H3. The Bertz CT molecular complexity index is 521. The summed E-state index contributed by atoms with van der Waals surface area (Å²) in [4.78, 5) is 12.3. The van der Waals surface area contributed by atoms with E-state index in [4.69, 9.17) is 16.3 Å². The molecule has 0 fully saturated rings. The molecule has 0 saturated heterocycles. The molecule has 0 saturated carbocycles. The average Bonchev–Trinajstić information content (AvgIpc) is 2.37. The molecule has 0 amide bonds. The molecule has 0 aliphatic rings. The second kappa shape index (κ2) is 6.28. The molecule has 18 heavy (non-hydrogen) atoms. The number of ether oxygens (including phenoxy) is 1. The highest BCUT2D eigenvalue weighted by Gasteiger charge is 2.02. The molecule has 0 aliphatic carbocycles. The maximum atomic E-state index is 5.82. The summed E-state index contributed by atoms with van der Waals surface area (Å²) in [5.74, 6) is 0.965. The lowest BCUT2D eigenvalue weighted by Gasteiger charge is -2.06. The Kier molecular flexibility index (Phi) is 4.44. The van der Waals surface area contributed by atoms with Crippen LogP contribution in [0, 0.1) is 0 Å². The van der Waals surface area contributed by atoms with E-state index in [1.165, 1.54) is 0 Å². The van der Waals surface area contributed by atoms with Crippen LogP contribution < -0.4 is 10.1 Å². The lowest BCUT2D eigenvalue weighted by Crippen LogP contribution is -2.13. The Morgan fingerprint density at radius 3 is 2.83 bits per heavy atom. The van der Waals surface area contributed by atoms with Gasteiger partial charge < -0.3 is 10.1 Å². The van der Waals surface area contributed by atoms with E-state index in [1.54, 1.807) is 30.9 Å². The number of hydrogen-bond donors (Lipinski definition) is 1. The van der Waals surface area contributed by atoms with Crippen LogP contribution >= 0.6 is 11.6 Å². The topological polar surface area (TPSA) is 59.9 Å². The van der Waals surface area contributed by atoms with E-state index in [-0.39, 0.29) is 0 Å². The van der Waals surface area contributed by atoms with Gasteiger partial charge in [0.15, 0.2) is 0 Å². The van der Waals surface area contributed by atoms with Crippen LogP contribution in [0.25, 0.3) is 0 Å². The highest BCUT2D eigenvalue weighted by molar-refractivity contribution is 6.30. The Hall–Kier alpha value is -1.72. The second-order valence-electron chi connectivity index (χ2n) is 3.57. The second-order valence-corrected chi connectivity index (χ2v) is 4.01. The zero-order chi connectivity index (χ0) is 12.8. The summed E-state index contributed by atoms with van der Waals surface area (Å²) in [6, 6.07) is 1.67. The van der Waals surface area contributed by atoms with Gasteiger partial charge in [-0.3, -0.25) is 9.97 Å². The van der Waals surface area contributed by atoms with Gasteiger partial charge in [0.25, 0.3) is 0 Å². The van der Waals surface area contributed by atoms with Crippen LogP contribution in [0.4, 0.5) is 0 Å². The fourth-order valence-electron chi connectivity index (χ4n) is 1.34. The Balaban J connectivity index is 2.09. The zero-order valence-corrected chi connectivity index (χ0v) is 10.7. The van der Waals surface area contributed by atoms with Crippen molar-refractivity contribution in [3.05, 3.63) is 41.6 Å². The minimum Gasteiger partial charge on any atom is -0.436 e. The van der Waals surface area contributed by atoms with Crippen molar-refractivity contribution in [2.24, 2.45) is 0 Å². The molecule has 0 radical (unpaired) electrons. The quantitative estimate of drug-likeness (QED) is 0.899. The van der Waals surface area contributed by atoms with Gasteiger partial charge in [-0.25, -0.2) is 4.98 Å². The first-order valence-corrected chi connectivity index (χ1v) is 5.96. The number of halogens is 1. The molecule has 2 aromatic rings. The fraction of sp³-hybridized carbons (Fsp3) is 0.250. The van der Waals surface area contributed by atoms with Gasteiger partial charge in [-0.05, 0) is 6.54 Å². The summed E-state index contributed by atoms with van der Waals surface area (Å²) in [6.07, 6.45) is 6.37. The average molecular weight is 265 g/mol. The van der Waals surface area contributed by atoms with Gasteiger partial charge in [0.2, 0.25) is 5.88 Å². The summed E-state index contributed by atoms with van der Waals surface area (Å²) < 4.78 is 5.53. The molecule has 2 aromatic heterocycles. The van der Waals surface area contributed by atoms with Crippen molar-refractivity contribution in [3.8, 4) is 11.6 Å². The number of rotatable bonds is 5. The Morgan fingerprint density at radius 1 is 1.22 bits per heavy atom. The van der Waals surface area contributed by atoms with Crippen LogP contribution in [0.15, 0.2) is 30.9 Å². The minimum absolute atomic E-state index is 0.425. The molecule has 5 nitrogen and oxygen atoms in total. The van der Waals surface area contributed by atoms with Crippen molar-refractivity contribution in [1.82, 2.24) is 20.3 Å². The number of pyridine rings is 1. The molecule has 94 valence electrons. The zero-order valence-electron chi connectivity index (χ0n) is 9.93.